The molecule has 0 unspecified atom stereocenters. The van der Waals surface area contributed by atoms with Crippen LogP contribution in [0.3, 0.4) is 0 Å². The second-order valence-corrected chi connectivity index (χ2v) is 4.51. The summed E-state index contributed by atoms with van der Waals surface area (Å²) in [6.45, 7) is 4.22. The highest BCUT2D eigenvalue weighted by molar-refractivity contribution is 6.05. The maximum Gasteiger partial charge on any atom is 0.325 e. The zero-order chi connectivity index (χ0) is 15.2. The molecule has 0 saturated carbocycles. The molecule has 1 amide bonds. The number of aromatic nitrogens is 1. The van der Waals surface area contributed by atoms with Crippen molar-refractivity contribution in [2.45, 2.75) is 13.8 Å². The van der Waals surface area contributed by atoms with Gasteiger partial charge in [-0.1, -0.05) is 24.3 Å². The van der Waals surface area contributed by atoms with Crippen LogP contribution >= 0.6 is 0 Å². The van der Waals surface area contributed by atoms with Gasteiger partial charge >= 0.3 is 5.97 Å². The van der Waals surface area contributed by atoms with Gasteiger partial charge in [0, 0.05) is 18.1 Å². The first-order valence-corrected chi connectivity index (χ1v) is 6.96. The van der Waals surface area contributed by atoms with Crippen LogP contribution in [-0.2, 0) is 9.53 Å². The Hall–Kier alpha value is -2.43. The molecule has 0 aliphatic carbocycles. The number of carbonyl (C=O) groups excluding carboxylic acids is 2. The van der Waals surface area contributed by atoms with Crippen molar-refractivity contribution in [2.75, 3.05) is 19.7 Å². The fourth-order valence-electron chi connectivity index (χ4n) is 2.13. The fraction of sp³-hybridized carbons (Fsp3) is 0.312. The van der Waals surface area contributed by atoms with Gasteiger partial charge in [-0.15, -0.1) is 0 Å². The molecule has 0 saturated heterocycles. The fourth-order valence-corrected chi connectivity index (χ4v) is 2.13. The molecule has 2 aromatic rings. The smallest absolute Gasteiger partial charge is 0.325 e. The van der Waals surface area contributed by atoms with Crippen LogP contribution < -0.4 is 0 Å². The van der Waals surface area contributed by atoms with Crippen molar-refractivity contribution in [2.24, 2.45) is 0 Å². The molecule has 5 nitrogen and oxygen atoms in total. The first-order valence-electron chi connectivity index (χ1n) is 6.96. The zero-order valence-electron chi connectivity index (χ0n) is 12.2. The summed E-state index contributed by atoms with van der Waals surface area (Å²) in [6, 6.07) is 9.41. The Kier molecular flexibility index (Phi) is 4.87. The third-order valence-corrected chi connectivity index (χ3v) is 3.17. The maximum atomic E-state index is 12.6. The molecule has 0 aliphatic heterocycles. The van der Waals surface area contributed by atoms with Crippen LogP contribution in [0.2, 0.25) is 0 Å². The summed E-state index contributed by atoms with van der Waals surface area (Å²) < 4.78 is 4.89. The highest BCUT2D eigenvalue weighted by Crippen LogP contribution is 2.17. The highest BCUT2D eigenvalue weighted by atomic mass is 16.5. The van der Waals surface area contributed by atoms with E-state index < -0.39 is 5.97 Å². The molecule has 0 atom stereocenters. The van der Waals surface area contributed by atoms with Gasteiger partial charge in [-0.25, -0.2) is 0 Å². The predicted octanol–water partition coefficient (Wildman–Crippen LogP) is 2.26. The van der Waals surface area contributed by atoms with E-state index in [1.807, 2.05) is 37.3 Å². The monoisotopic (exact) mass is 286 g/mol. The van der Waals surface area contributed by atoms with E-state index in [9.17, 15) is 9.59 Å². The molecule has 5 heteroatoms. The summed E-state index contributed by atoms with van der Waals surface area (Å²) in [5.74, 6) is -0.671. The Labute approximate surface area is 123 Å². The van der Waals surface area contributed by atoms with Gasteiger partial charge in [0.2, 0.25) is 0 Å². The van der Waals surface area contributed by atoms with Crippen molar-refractivity contribution in [1.29, 1.82) is 0 Å². The molecule has 21 heavy (non-hydrogen) atoms. The number of pyridine rings is 1. The molecule has 110 valence electrons. The van der Waals surface area contributed by atoms with Crippen molar-refractivity contribution >= 4 is 22.6 Å². The second kappa shape index (κ2) is 6.83. The number of hydrogen-bond acceptors (Lipinski definition) is 4. The molecule has 0 N–H and O–H groups in total. The molecule has 0 radical (unpaired) electrons. The van der Waals surface area contributed by atoms with E-state index in [2.05, 4.69) is 4.98 Å². The first-order chi connectivity index (χ1) is 10.2. The number of benzene rings is 1. The minimum atomic E-state index is -0.409. The van der Waals surface area contributed by atoms with Crippen molar-refractivity contribution in [3.8, 4) is 0 Å². The molecular formula is C16H18N2O3. The number of carbonyl (C=O) groups is 2. The number of fused-ring (bicyclic) bond motifs is 1. The lowest BCUT2D eigenvalue weighted by atomic mass is 10.1. The lowest BCUT2D eigenvalue weighted by Crippen LogP contribution is -2.36. The molecule has 0 spiro atoms. The topological polar surface area (TPSA) is 59.5 Å². The van der Waals surface area contributed by atoms with E-state index in [1.165, 1.54) is 4.90 Å². The number of ether oxygens (including phenoxy) is 1. The minimum absolute atomic E-state index is 0.0614. The van der Waals surface area contributed by atoms with E-state index in [4.69, 9.17) is 4.74 Å². The van der Waals surface area contributed by atoms with Crippen molar-refractivity contribution in [3.05, 3.63) is 42.2 Å². The number of amides is 1. The summed E-state index contributed by atoms with van der Waals surface area (Å²) in [5.41, 5.74) is 0.360. The molecule has 0 bridgehead atoms. The third-order valence-electron chi connectivity index (χ3n) is 3.17. The molecule has 1 aromatic heterocycles. The van der Waals surface area contributed by atoms with Crippen LogP contribution in [0, 0.1) is 0 Å². The zero-order valence-corrected chi connectivity index (χ0v) is 12.2. The van der Waals surface area contributed by atoms with Gasteiger partial charge in [-0.2, -0.15) is 0 Å². The summed E-state index contributed by atoms with van der Waals surface area (Å²) in [4.78, 5) is 29.8. The van der Waals surface area contributed by atoms with Crippen LogP contribution in [-0.4, -0.2) is 41.5 Å². The van der Waals surface area contributed by atoms with Crippen molar-refractivity contribution in [3.63, 3.8) is 0 Å². The van der Waals surface area contributed by atoms with Gasteiger partial charge in [0.25, 0.3) is 5.91 Å². The van der Waals surface area contributed by atoms with E-state index in [1.54, 1.807) is 13.1 Å². The van der Waals surface area contributed by atoms with Crippen LogP contribution in [0.5, 0.6) is 0 Å². The normalized spacial score (nSPS) is 10.4. The average Bonchev–Trinajstić information content (AvgIpc) is 2.51. The first kappa shape index (κ1) is 15.0. The largest absolute Gasteiger partial charge is 0.465 e. The molecule has 1 heterocycles. The van der Waals surface area contributed by atoms with Crippen molar-refractivity contribution in [1.82, 2.24) is 9.88 Å². The maximum absolute atomic E-state index is 12.6. The van der Waals surface area contributed by atoms with E-state index in [-0.39, 0.29) is 12.5 Å². The van der Waals surface area contributed by atoms with Crippen LogP contribution in [0.25, 0.3) is 10.8 Å². The quantitative estimate of drug-likeness (QED) is 0.791. The van der Waals surface area contributed by atoms with E-state index in [0.29, 0.717) is 18.8 Å². The number of rotatable bonds is 5. The number of nitrogens with zero attached hydrogens (tertiary/aromatic N) is 2. The van der Waals surface area contributed by atoms with Crippen LogP contribution in [0.1, 0.15) is 24.3 Å². The SMILES string of the molecule is CCOC(=O)CN(CC)C(=O)c1nccc2ccccc12. The van der Waals surface area contributed by atoms with E-state index >= 15 is 0 Å². The summed E-state index contributed by atoms with van der Waals surface area (Å²) >= 11 is 0. The Morgan fingerprint density at radius 2 is 1.95 bits per heavy atom. The third kappa shape index (κ3) is 3.37. The number of esters is 1. The number of hydrogen-bond donors (Lipinski definition) is 0. The van der Waals surface area contributed by atoms with Gasteiger partial charge in [-0.3, -0.25) is 14.6 Å². The molecular weight excluding hydrogens is 268 g/mol. The molecule has 1 aromatic carbocycles. The van der Waals surface area contributed by atoms with Gasteiger partial charge in [-0.05, 0) is 25.3 Å². The van der Waals surface area contributed by atoms with Gasteiger partial charge in [0.05, 0.1) is 6.61 Å². The second-order valence-electron chi connectivity index (χ2n) is 4.51. The summed E-state index contributed by atoms with van der Waals surface area (Å²) in [7, 11) is 0. The standard InChI is InChI=1S/C16H18N2O3/c1-3-18(11-14(19)21-4-2)16(20)15-13-8-6-5-7-12(13)9-10-17-15/h5-10H,3-4,11H2,1-2H3. The van der Waals surface area contributed by atoms with Crippen molar-refractivity contribution < 1.29 is 14.3 Å². The van der Waals surface area contributed by atoms with Crippen LogP contribution in [0.4, 0.5) is 0 Å². The Balaban J connectivity index is 2.29. The predicted molar refractivity (Wildman–Crippen MR) is 80.0 cm³/mol. The molecule has 0 aliphatic rings. The Bertz CT molecular complexity index is 650. The van der Waals surface area contributed by atoms with E-state index in [0.717, 1.165) is 10.8 Å². The highest BCUT2D eigenvalue weighted by Gasteiger charge is 2.20. The van der Waals surface area contributed by atoms with Gasteiger partial charge < -0.3 is 9.64 Å². The van der Waals surface area contributed by atoms with Crippen LogP contribution in [0.15, 0.2) is 36.5 Å². The van der Waals surface area contributed by atoms with Gasteiger partial charge in [0.1, 0.15) is 12.2 Å². The van der Waals surface area contributed by atoms with Gasteiger partial charge in [0.15, 0.2) is 0 Å². The lowest BCUT2D eigenvalue weighted by Gasteiger charge is -2.20. The average molecular weight is 286 g/mol. The lowest BCUT2D eigenvalue weighted by molar-refractivity contribution is -0.143. The molecule has 0 fully saturated rings. The number of likely N-dealkylation sites (N-methyl/N-ethyl adjacent to an activating group) is 1. The molecule has 2 rings (SSSR count). The minimum Gasteiger partial charge on any atom is -0.465 e. The summed E-state index contributed by atoms with van der Waals surface area (Å²) in [5, 5.41) is 1.73. The Morgan fingerprint density at radius 1 is 1.19 bits per heavy atom. The summed E-state index contributed by atoms with van der Waals surface area (Å²) in [6.07, 6.45) is 1.60. The Morgan fingerprint density at radius 3 is 2.67 bits per heavy atom.